The lowest BCUT2D eigenvalue weighted by atomic mass is 9.92. The van der Waals surface area contributed by atoms with E-state index in [1.54, 1.807) is 25.4 Å². The average Bonchev–Trinajstić information content (AvgIpc) is 3.64. The number of halogens is 4. The molecule has 1 fully saturated rings. The Morgan fingerprint density at radius 3 is 2.48 bits per heavy atom. The molecule has 4 aromatic rings. The SMILES string of the molecule is CC(=O)c1nn2c3c(cc(-c4cnc(C)nc4)cc13)CC=CCCCC(=O)CC[C@@]1(F)C[C@@H](C(=O)Cc3nc(C(F)(F)F)ccc3C)N(C1)C(=O)C2. The number of ketones is 3. The van der Waals surface area contributed by atoms with E-state index in [4.69, 9.17) is 0 Å². The number of hydrogen-bond donors (Lipinski definition) is 0. The number of Topliss-reactive ketones (excluding diaryl/α,β-unsaturated/α-hetero) is 3. The van der Waals surface area contributed by atoms with Crippen molar-refractivity contribution in [2.75, 3.05) is 6.54 Å². The molecule has 0 radical (unpaired) electrons. The molecule has 3 aromatic heterocycles. The number of pyridine rings is 1. The summed E-state index contributed by atoms with van der Waals surface area (Å²) in [5.74, 6) is -1.24. The molecule has 0 aliphatic carbocycles. The summed E-state index contributed by atoms with van der Waals surface area (Å²) in [4.78, 5) is 67.1. The highest BCUT2D eigenvalue weighted by Gasteiger charge is 2.49. The minimum Gasteiger partial charge on any atom is -0.328 e. The van der Waals surface area contributed by atoms with Crippen LogP contribution in [0.25, 0.3) is 22.0 Å². The van der Waals surface area contributed by atoms with Gasteiger partial charge < -0.3 is 4.90 Å². The summed E-state index contributed by atoms with van der Waals surface area (Å²) in [6.45, 7) is 3.71. The maximum Gasteiger partial charge on any atom is 0.433 e. The van der Waals surface area contributed by atoms with Gasteiger partial charge in [0.1, 0.15) is 35.2 Å². The van der Waals surface area contributed by atoms with E-state index in [0.717, 1.165) is 22.1 Å². The number of allylic oxidation sites excluding steroid dienone is 2. The standard InChI is InChI=1S/C38H38F4N6O4/c1-22-10-11-33(38(40,41)42)45-30(22)16-32(51)31-17-37(39)13-12-28(50)9-7-5-4-6-8-25-14-26(27-18-43-24(3)44-19-27)15-29-35(23(2)49)46-48(36(25)29)20-34(52)47(31)21-37/h4,6,10-11,14-15,18-19,31H,5,7-9,12-13,16-17,20-21H2,1-3H3/t31-,37+/m0/s1. The zero-order valence-corrected chi connectivity index (χ0v) is 29.1. The number of rotatable bonds is 5. The van der Waals surface area contributed by atoms with Crippen LogP contribution in [0, 0.1) is 13.8 Å². The first-order valence-electron chi connectivity index (χ1n) is 17.2. The molecule has 10 nitrogen and oxygen atoms in total. The molecule has 1 amide bonds. The molecule has 6 rings (SSSR count). The second kappa shape index (κ2) is 14.5. The quantitative estimate of drug-likeness (QED) is 0.130. The van der Waals surface area contributed by atoms with Crippen molar-refractivity contribution < 1.29 is 36.7 Å². The third-order valence-corrected chi connectivity index (χ3v) is 9.75. The van der Waals surface area contributed by atoms with Gasteiger partial charge >= 0.3 is 6.18 Å². The summed E-state index contributed by atoms with van der Waals surface area (Å²) in [6, 6.07) is 4.41. The van der Waals surface area contributed by atoms with E-state index in [9.17, 15) is 32.3 Å². The van der Waals surface area contributed by atoms with Crippen LogP contribution in [0.1, 0.15) is 84.3 Å². The molecule has 52 heavy (non-hydrogen) atoms. The maximum absolute atomic E-state index is 16.6. The van der Waals surface area contributed by atoms with Crippen LogP contribution < -0.4 is 0 Å². The number of carbonyl (C=O) groups is 4. The Bertz CT molecular complexity index is 2090. The number of carbonyl (C=O) groups excluding carboxylic acids is 4. The monoisotopic (exact) mass is 718 g/mol. The van der Waals surface area contributed by atoms with Gasteiger partial charge in [0.15, 0.2) is 11.6 Å². The molecule has 2 aliphatic heterocycles. The first-order chi connectivity index (χ1) is 24.6. The van der Waals surface area contributed by atoms with E-state index in [0.29, 0.717) is 47.1 Å². The Kier molecular flexibility index (Phi) is 10.2. The fraction of sp³-hybridized carbons (Fsp3) is 0.421. The van der Waals surface area contributed by atoms with Gasteiger partial charge in [-0.1, -0.05) is 18.2 Å². The van der Waals surface area contributed by atoms with E-state index in [2.05, 4.69) is 20.1 Å². The van der Waals surface area contributed by atoms with Gasteiger partial charge in [-0.3, -0.25) is 23.9 Å². The lowest BCUT2D eigenvalue weighted by molar-refractivity contribution is -0.141. The third kappa shape index (κ3) is 7.85. The predicted octanol–water partition coefficient (Wildman–Crippen LogP) is 6.48. The van der Waals surface area contributed by atoms with Gasteiger partial charge in [-0.05, 0) is 74.4 Å². The molecule has 2 aliphatic rings. The molecule has 2 atom stereocenters. The predicted molar refractivity (Wildman–Crippen MR) is 183 cm³/mol. The fourth-order valence-corrected chi connectivity index (χ4v) is 6.95. The normalized spacial score (nSPS) is 20.4. The minimum atomic E-state index is -4.74. The highest BCUT2D eigenvalue weighted by Crippen LogP contribution is 2.37. The molecule has 0 unspecified atom stereocenters. The van der Waals surface area contributed by atoms with Crippen molar-refractivity contribution >= 4 is 34.2 Å². The van der Waals surface area contributed by atoms with Gasteiger partial charge in [-0.15, -0.1) is 0 Å². The lowest BCUT2D eigenvalue weighted by Crippen LogP contribution is -2.43. The molecule has 5 heterocycles. The topological polar surface area (TPSA) is 128 Å². The summed E-state index contributed by atoms with van der Waals surface area (Å²) in [5, 5.41) is 5.04. The molecule has 2 bridgehead atoms. The van der Waals surface area contributed by atoms with Gasteiger partial charge in [0.05, 0.1) is 30.2 Å². The van der Waals surface area contributed by atoms with Gasteiger partial charge in [-0.25, -0.2) is 19.3 Å². The van der Waals surface area contributed by atoms with Crippen molar-refractivity contribution in [1.29, 1.82) is 0 Å². The third-order valence-electron chi connectivity index (χ3n) is 9.75. The van der Waals surface area contributed by atoms with Gasteiger partial charge in [0, 0.05) is 49.5 Å². The second-order valence-electron chi connectivity index (χ2n) is 13.7. The van der Waals surface area contributed by atoms with Crippen molar-refractivity contribution in [3.05, 3.63) is 82.8 Å². The first kappa shape index (κ1) is 36.6. The zero-order valence-electron chi connectivity index (χ0n) is 29.1. The minimum absolute atomic E-state index is 0.0872. The van der Waals surface area contributed by atoms with E-state index in [1.165, 1.54) is 24.6 Å². The summed E-state index contributed by atoms with van der Waals surface area (Å²) in [5.41, 5.74) is -0.239. The summed E-state index contributed by atoms with van der Waals surface area (Å²) < 4.78 is 58.4. The van der Waals surface area contributed by atoms with Crippen LogP contribution >= 0.6 is 0 Å². The number of aryl methyl sites for hydroxylation is 2. The van der Waals surface area contributed by atoms with E-state index in [1.807, 2.05) is 18.2 Å². The van der Waals surface area contributed by atoms with Crippen LogP contribution in [0.3, 0.4) is 0 Å². The summed E-state index contributed by atoms with van der Waals surface area (Å²) >= 11 is 0. The van der Waals surface area contributed by atoms with E-state index in [-0.39, 0.29) is 42.2 Å². The molecular weight excluding hydrogens is 680 g/mol. The number of nitrogens with zero attached hydrogens (tertiary/aromatic N) is 6. The van der Waals surface area contributed by atoms with Crippen molar-refractivity contribution in [1.82, 2.24) is 29.6 Å². The molecular formula is C38H38F4N6O4. The van der Waals surface area contributed by atoms with Crippen molar-refractivity contribution in [2.45, 2.75) is 96.6 Å². The lowest BCUT2D eigenvalue weighted by Gasteiger charge is -2.24. The fourth-order valence-electron chi connectivity index (χ4n) is 6.95. The van der Waals surface area contributed by atoms with E-state index < -0.39 is 61.2 Å². The highest BCUT2D eigenvalue weighted by molar-refractivity contribution is 6.07. The van der Waals surface area contributed by atoms with Crippen LogP contribution in [0.5, 0.6) is 0 Å². The van der Waals surface area contributed by atoms with E-state index >= 15 is 4.39 Å². The number of fused-ring (bicyclic) bond motifs is 2. The highest BCUT2D eigenvalue weighted by atomic mass is 19.4. The Morgan fingerprint density at radius 1 is 1.02 bits per heavy atom. The molecule has 0 saturated carbocycles. The maximum atomic E-state index is 16.6. The van der Waals surface area contributed by atoms with Crippen LogP contribution in [0.4, 0.5) is 17.6 Å². The van der Waals surface area contributed by atoms with Crippen LogP contribution in [-0.2, 0) is 39.9 Å². The molecule has 14 heteroatoms. The number of benzene rings is 1. The molecule has 1 saturated heterocycles. The Morgan fingerprint density at radius 2 is 1.77 bits per heavy atom. The zero-order chi connectivity index (χ0) is 37.4. The number of alkyl halides is 4. The number of hydrogen-bond acceptors (Lipinski definition) is 8. The number of amides is 1. The summed E-state index contributed by atoms with van der Waals surface area (Å²) in [6.07, 6.45) is 3.00. The van der Waals surface area contributed by atoms with Crippen molar-refractivity contribution in [3.8, 4) is 11.1 Å². The van der Waals surface area contributed by atoms with Crippen LogP contribution in [0.15, 0.2) is 48.8 Å². The number of aromatic nitrogens is 5. The molecule has 0 spiro atoms. The Balaban J connectivity index is 1.42. The van der Waals surface area contributed by atoms with Crippen molar-refractivity contribution in [3.63, 3.8) is 0 Å². The largest absolute Gasteiger partial charge is 0.433 e. The van der Waals surface area contributed by atoms with Gasteiger partial charge in [0.25, 0.3) is 0 Å². The average molecular weight is 719 g/mol. The van der Waals surface area contributed by atoms with Crippen molar-refractivity contribution in [2.24, 2.45) is 0 Å². The summed E-state index contributed by atoms with van der Waals surface area (Å²) in [7, 11) is 0. The second-order valence-corrected chi connectivity index (χ2v) is 13.7. The smallest absolute Gasteiger partial charge is 0.328 e. The molecule has 272 valence electrons. The van der Waals surface area contributed by atoms with Gasteiger partial charge in [0.2, 0.25) is 5.91 Å². The first-order valence-corrected chi connectivity index (χ1v) is 17.2. The van der Waals surface area contributed by atoms with Crippen LogP contribution in [0.2, 0.25) is 0 Å². The van der Waals surface area contributed by atoms with Gasteiger partial charge in [-0.2, -0.15) is 18.3 Å². The van der Waals surface area contributed by atoms with Crippen LogP contribution in [-0.4, -0.2) is 71.1 Å². The molecule has 1 aromatic carbocycles. The Hall–Kier alpha value is -5.14. The Labute approximate surface area is 297 Å². The molecule has 0 N–H and O–H groups in total.